The number of rotatable bonds is 5. The molecule has 3 aromatic rings. The van der Waals surface area contributed by atoms with E-state index >= 15 is 0 Å². The fraction of sp³-hybridized carbons (Fsp3) is 0.200. The predicted octanol–water partition coefficient (Wildman–Crippen LogP) is 4.91. The van der Waals surface area contributed by atoms with Gasteiger partial charge in [-0.2, -0.15) is 4.99 Å². The van der Waals surface area contributed by atoms with Crippen LogP contribution in [0.2, 0.25) is 0 Å². The molecular formula is C25H28N2O3. The minimum absolute atomic E-state index is 0.136. The molecule has 1 unspecified atom stereocenters. The number of carbonyl (C=O) groups is 1. The van der Waals surface area contributed by atoms with Crippen molar-refractivity contribution in [1.29, 1.82) is 0 Å². The Balaban J connectivity index is 0.000000386. The number of aliphatic hydroxyl groups excluding tert-OH is 1. The first kappa shape index (κ1) is 22.8. The molecule has 0 radical (unpaired) electrons. The Morgan fingerprint density at radius 1 is 0.933 bits per heavy atom. The van der Waals surface area contributed by atoms with Gasteiger partial charge >= 0.3 is 6.03 Å². The maximum atomic E-state index is 11.8. The van der Waals surface area contributed by atoms with Gasteiger partial charge in [-0.25, -0.2) is 4.79 Å². The van der Waals surface area contributed by atoms with E-state index in [9.17, 15) is 4.79 Å². The number of aliphatic imine (C=N–C) groups is 1. The van der Waals surface area contributed by atoms with Crippen LogP contribution in [-0.4, -0.2) is 30.2 Å². The molecule has 5 nitrogen and oxygen atoms in total. The highest BCUT2D eigenvalue weighted by Gasteiger charge is 2.13. The molecule has 0 saturated carbocycles. The van der Waals surface area contributed by atoms with Gasteiger partial charge in [-0.05, 0) is 31.5 Å². The van der Waals surface area contributed by atoms with E-state index in [2.05, 4.69) is 29.4 Å². The molecule has 0 bridgehead atoms. The number of ether oxygens (including phenoxy) is 1. The number of nitrogens with one attached hydrogen (secondary N) is 1. The first-order valence-electron chi connectivity index (χ1n) is 9.86. The van der Waals surface area contributed by atoms with Crippen molar-refractivity contribution in [2.45, 2.75) is 20.0 Å². The highest BCUT2D eigenvalue weighted by molar-refractivity contribution is 6.01. The van der Waals surface area contributed by atoms with Crippen molar-refractivity contribution in [3.63, 3.8) is 0 Å². The lowest BCUT2D eigenvalue weighted by atomic mass is 10.1. The molecule has 0 heterocycles. The van der Waals surface area contributed by atoms with E-state index in [-0.39, 0.29) is 25.2 Å². The molecule has 0 aromatic heterocycles. The maximum Gasteiger partial charge on any atom is 0.344 e. The number of hydrogen-bond donors (Lipinski definition) is 2. The number of aryl methyl sites for hydroxylation is 1. The second kappa shape index (κ2) is 12.9. The van der Waals surface area contributed by atoms with Crippen LogP contribution in [0.1, 0.15) is 29.7 Å². The highest BCUT2D eigenvalue weighted by atomic mass is 16.5. The average molecular weight is 405 g/mol. The molecule has 0 saturated heterocycles. The van der Waals surface area contributed by atoms with Crippen molar-refractivity contribution in [2.75, 3.05) is 13.2 Å². The van der Waals surface area contributed by atoms with Crippen molar-refractivity contribution < 1.29 is 14.6 Å². The van der Waals surface area contributed by atoms with Gasteiger partial charge in [0.05, 0.1) is 6.61 Å². The van der Waals surface area contributed by atoms with Gasteiger partial charge < -0.3 is 15.2 Å². The molecule has 0 aliphatic carbocycles. The summed E-state index contributed by atoms with van der Waals surface area (Å²) in [7, 11) is 0. The van der Waals surface area contributed by atoms with Gasteiger partial charge in [-0.3, -0.25) is 0 Å². The van der Waals surface area contributed by atoms with Crippen molar-refractivity contribution in [3.05, 3.63) is 108 Å². The molecule has 5 heteroatoms. The summed E-state index contributed by atoms with van der Waals surface area (Å²) in [5.74, 6) is 0.248. The Bertz CT molecular complexity index is 897. The standard InChI is InChI=1S/C18H20N2O3.C7H8/c1-14(15-8-4-2-5-9-15)23-17(16-10-6-3-7-11-16)20-18(22)19-12-13-21;1-7-5-3-2-4-6-7/h2-11,14,21H,12-13H2,1H3,(H,19,22);2-6H,1H3/b20-17-;. The van der Waals surface area contributed by atoms with Crippen molar-refractivity contribution >= 4 is 11.9 Å². The Morgan fingerprint density at radius 2 is 1.47 bits per heavy atom. The Kier molecular flexibility index (Phi) is 9.83. The summed E-state index contributed by atoms with van der Waals surface area (Å²) in [6, 6.07) is 28.7. The first-order valence-corrected chi connectivity index (χ1v) is 9.86. The van der Waals surface area contributed by atoms with Gasteiger partial charge in [-0.1, -0.05) is 84.4 Å². The van der Waals surface area contributed by atoms with Crippen LogP contribution in [0.25, 0.3) is 0 Å². The van der Waals surface area contributed by atoms with E-state index in [4.69, 9.17) is 9.84 Å². The molecule has 156 valence electrons. The molecule has 2 N–H and O–H groups in total. The van der Waals surface area contributed by atoms with Crippen LogP contribution in [0.5, 0.6) is 0 Å². The smallest absolute Gasteiger partial charge is 0.344 e. The number of amides is 2. The summed E-state index contributed by atoms with van der Waals surface area (Å²) in [6.45, 7) is 4.00. The van der Waals surface area contributed by atoms with E-state index in [0.717, 1.165) is 11.1 Å². The minimum Gasteiger partial charge on any atom is -0.469 e. The second-order valence-corrected chi connectivity index (χ2v) is 6.56. The molecule has 1 atom stereocenters. The molecular weight excluding hydrogens is 376 g/mol. The topological polar surface area (TPSA) is 70.9 Å². The summed E-state index contributed by atoms with van der Waals surface area (Å²) >= 11 is 0. The van der Waals surface area contributed by atoms with E-state index in [1.807, 2.05) is 85.8 Å². The van der Waals surface area contributed by atoms with Crippen LogP contribution in [0.3, 0.4) is 0 Å². The Hall–Kier alpha value is -3.44. The largest absolute Gasteiger partial charge is 0.469 e. The van der Waals surface area contributed by atoms with Gasteiger partial charge in [0.15, 0.2) is 0 Å². The molecule has 0 fully saturated rings. The van der Waals surface area contributed by atoms with Gasteiger partial charge in [0.25, 0.3) is 0 Å². The normalized spacial score (nSPS) is 11.6. The third-order valence-electron chi connectivity index (χ3n) is 4.11. The van der Waals surface area contributed by atoms with E-state index < -0.39 is 6.03 Å². The zero-order valence-corrected chi connectivity index (χ0v) is 17.4. The van der Waals surface area contributed by atoms with Gasteiger partial charge in [-0.15, -0.1) is 0 Å². The third kappa shape index (κ3) is 8.29. The second-order valence-electron chi connectivity index (χ2n) is 6.56. The Morgan fingerprint density at radius 3 is 1.97 bits per heavy atom. The van der Waals surface area contributed by atoms with Crippen LogP contribution in [0.15, 0.2) is 96.0 Å². The van der Waals surface area contributed by atoms with E-state index in [0.29, 0.717) is 0 Å². The number of urea groups is 1. The minimum atomic E-state index is -0.543. The van der Waals surface area contributed by atoms with Crippen LogP contribution >= 0.6 is 0 Å². The summed E-state index contributed by atoms with van der Waals surface area (Å²) in [5, 5.41) is 11.3. The number of carbonyl (C=O) groups excluding carboxylic acids is 1. The van der Waals surface area contributed by atoms with Crippen molar-refractivity contribution in [3.8, 4) is 0 Å². The number of nitrogens with zero attached hydrogens (tertiary/aromatic N) is 1. The SMILES string of the molecule is CC(O/C(=N\C(=O)NCCO)c1ccccc1)c1ccccc1.Cc1ccccc1. The average Bonchev–Trinajstić information content (AvgIpc) is 2.79. The predicted molar refractivity (Wildman–Crippen MR) is 121 cm³/mol. The van der Waals surface area contributed by atoms with Crippen LogP contribution in [-0.2, 0) is 4.74 Å². The van der Waals surface area contributed by atoms with Crippen molar-refractivity contribution in [2.24, 2.45) is 4.99 Å². The molecule has 0 aliphatic heterocycles. The summed E-state index contributed by atoms with van der Waals surface area (Å²) in [6.07, 6.45) is -0.249. The fourth-order valence-corrected chi connectivity index (χ4v) is 2.53. The summed E-state index contributed by atoms with van der Waals surface area (Å²) in [5.41, 5.74) is 3.03. The lowest BCUT2D eigenvalue weighted by molar-refractivity contribution is 0.210. The maximum absolute atomic E-state index is 11.8. The molecule has 0 aliphatic rings. The molecule has 3 aromatic carbocycles. The zero-order chi connectivity index (χ0) is 21.6. The summed E-state index contributed by atoms with van der Waals surface area (Å²) < 4.78 is 5.90. The van der Waals surface area contributed by atoms with E-state index in [1.165, 1.54) is 5.56 Å². The lowest BCUT2D eigenvalue weighted by Gasteiger charge is -2.16. The van der Waals surface area contributed by atoms with E-state index in [1.54, 1.807) is 0 Å². The van der Waals surface area contributed by atoms with Crippen LogP contribution < -0.4 is 5.32 Å². The molecule has 0 spiro atoms. The Labute approximate surface area is 178 Å². The van der Waals surface area contributed by atoms with Gasteiger partial charge in [0.2, 0.25) is 5.90 Å². The molecule has 2 amide bonds. The quantitative estimate of drug-likeness (QED) is 0.469. The first-order chi connectivity index (χ1) is 14.6. The third-order valence-corrected chi connectivity index (χ3v) is 4.11. The van der Waals surface area contributed by atoms with Crippen LogP contribution in [0, 0.1) is 6.92 Å². The monoisotopic (exact) mass is 404 g/mol. The molecule has 3 rings (SSSR count). The van der Waals surface area contributed by atoms with Crippen LogP contribution in [0.4, 0.5) is 4.79 Å². The number of aliphatic hydroxyl groups is 1. The number of benzene rings is 3. The molecule has 30 heavy (non-hydrogen) atoms. The van der Waals surface area contributed by atoms with Crippen molar-refractivity contribution in [1.82, 2.24) is 5.32 Å². The summed E-state index contributed by atoms with van der Waals surface area (Å²) in [4.78, 5) is 15.8. The highest BCUT2D eigenvalue weighted by Crippen LogP contribution is 2.18. The van der Waals surface area contributed by atoms with Gasteiger partial charge in [0, 0.05) is 12.1 Å². The van der Waals surface area contributed by atoms with Gasteiger partial charge in [0.1, 0.15) is 6.10 Å². The fourth-order valence-electron chi connectivity index (χ4n) is 2.53. The lowest BCUT2D eigenvalue weighted by Crippen LogP contribution is -2.25. The number of hydrogen-bond acceptors (Lipinski definition) is 3. The zero-order valence-electron chi connectivity index (χ0n) is 17.4.